The Balaban J connectivity index is 1.86. The van der Waals surface area contributed by atoms with Crippen molar-refractivity contribution in [1.29, 1.82) is 0 Å². The van der Waals surface area contributed by atoms with Gasteiger partial charge in [-0.05, 0) is 37.1 Å². The molecule has 7 N–H and O–H groups in total. The van der Waals surface area contributed by atoms with E-state index in [0.717, 1.165) is 25.7 Å². The minimum Gasteiger partial charge on any atom is -0.462 e. The molecule has 0 bridgehead atoms. The predicted octanol–water partition coefficient (Wildman–Crippen LogP) is -0.489. The summed E-state index contributed by atoms with van der Waals surface area (Å²) < 4.78 is 25.1. The largest absolute Gasteiger partial charge is 0.462 e. The van der Waals surface area contributed by atoms with Crippen LogP contribution >= 0.6 is 0 Å². The minimum atomic E-state index is -1.84. The Bertz CT molecular complexity index is 647. The molecular formula is C20H31FN2O7. The van der Waals surface area contributed by atoms with Crippen molar-refractivity contribution in [1.82, 2.24) is 5.32 Å². The molecule has 9 nitrogen and oxygen atoms in total. The Morgan fingerprint density at radius 2 is 1.77 bits per heavy atom. The second kappa shape index (κ2) is 12.1. The van der Waals surface area contributed by atoms with Gasteiger partial charge in [0.1, 0.15) is 30.2 Å². The predicted molar refractivity (Wildman–Crippen MR) is 105 cm³/mol. The Morgan fingerprint density at radius 1 is 1.10 bits per heavy atom. The van der Waals surface area contributed by atoms with Crippen molar-refractivity contribution in [2.24, 2.45) is 5.73 Å². The van der Waals surface area contributed by atoms with Gasteiger partial charge >= 0.3 is 0 Å². The number of benzene rings is 1. The first-order valence-corrected chi connectivity index (χ1v) is 10.1. The molecule has 1 amide bonds. The fourth-order valence-corrected chi connectivity index (χ4v) is 3.09. The number of rotatable bonds is 11. The Kier molecular flexibility index (Phi) is 9.89. The third-order valence-electron chi connectivity index (χ3n) is 4.93. The lowest BCUT2D eigenvalue weighted by Crippen LogP contribution is -2.60. The quantitative estimate of drug-likeness (QED) is 0.257. The zero-order chi connectivity index (χ0) is 22.1. The number of hydrogen-bond acceptors (Lipinski definition) is 8. The first kappa shape index (κ1) is 24.4. The van der Waals surface area contributed by atoms with Crippen LogP contribution in [0, 0.1) is 0 Å². The maximum absolute atomic E-state index is 14.4. The second-order valence-electron chi connectivity index (χ2n) is 7.24. The van der Waals surface area contributed by atoms with Crippen molar-refractivity contribution in [3.63, 3.8) is 0 Å². The molecule has 1 heterocycles. The van der Waals surface area contributed by atoms with E-state index in [4.69, 9.17) is 15.2 Å². The molecule has 6 atom stereocenters. The third-order valence-corrected chi connectivity index (χ3v) is 4.93. The fourth-order valence-electron chi connectivity index (χ4n) is 3.09. The number of hydrogen-bond donors (Lipinski definition) is 6. The fraction of sp³-hybridized carbons (Fsp3) is 0.650. The van der Waals surface area contributed by atoms with Crippen molar-refractivity contribution in [3.8, 4) is 5.75 Å². The number of nitrogens with two attached hydrogens (primary N) is 1. The number of carbonyl (C=O) groups is 1. The summed E-state index contributed by atoms with van der Waals surface area (Å²) in [4.78, 5) is 11.9. The van der Waals surface area contributed by atoms with Crippen molar-refractivity contribution >= 4 is 5.91 Å². The summed E-state index contributed by atoms with van der Waals surface area (Å²) in [6.45, 7) is 0.451. The number of amides is 1. The van der Waals surface area contributed by atoms with Crippen LogP contribution in [-0.4, -0.2) is 76.7 Å². The van der Waals surface area contributed by atoms with E-state index >= 15 is 0 Å². The van der Waals surface area contributed by atoms with Gasteiger partial charge in [0.2, 0.25) is 12.5 Å². The number of aliphatic hydroxyl groups excluding tert-OH is 4. The number of alkyl halides is 1. The van der Waals surface area contributed by atoms with Crippen LogP contribution in [0.5, 0.6) is 5.75 Å². The molecule has 1 saturated heterocycles. The van der Waals surface area contributed by atoms with Gasteiger partial charge in [-0.15, -0.1) is 0 Å². The lowest BCUT2D eigenvalue weighted by molar-refractivity contribution is -0.277. The van der Waals surface area contributed by atoms with Crippen LogP contribution in [0.2, 0.25) is 0 Å². The lowest BCUT2D eigenvalue weighted by atomic mass is 9.99. The standard InChI is InChI=1S/C20H31FN2O7/c21-15(19(28)23-10-4-2-1-3-9-22)12-5-7-13(8-6-12)29-20-18(27)17(26)16(25)14(11-24)30-20/h5-8,14-18,20,24-27H,1-4,9-11,22H2,(H,23,28)/t14-,15?,16+,17-,18+,20-/m1/s1. The Hall–Kier alpha value is -1.82. The molecule has 1 aromatic rings. The summed E-state index contributed by atoms with van der Waals surface area (Å²) in [6, 6.07) is 5.52. The molecule has 0 saturated carbocycles. The SMILES string of the molecule is NCCCCCCNC(=O)C(F)c1ccc(O[C@@H]2O[C@H](CO)[C@H](O)[C@@H](O)[C@@H]2O)cc1. The molecule has 0 aromatic heterocycles. The lowest BCUT2D eigenvalue weighted by Gasteiger charge is -2.39. The Morgan fingerprint density at radius 3 is 2.40 bits per heavy atom. The molecule has 1 aromatic carbocycles. The summed E-state index contributed by atoms with van der Waals surface area (Å²) in [5.74, 6) is -0.535. The molecule has 0 aliphatic carbocycles. The van der Waals surface area contributed by atoms with Crippen molar-refractivity contribution in [2.45, 2.75) is 62.6 Å². The van der Waals surface area contributed by atoms with Crippen LogP contribution in [0.15, 0.2) is 24.3 Å². The van der Waals surface area contributed by atoms with Gasteiger partial charge in [0.25, 0.3) is 5.91 Å². The normalized spacial score (nSPS) is 27.5. The molecule has 10 heteroatoms. The number of halogens is 1. The van der Waals surface area contributed by atoms with E-state index in [0.29, 0.717) is 13.1 Å². The molecule has 1 aliphatic rings. The first-order valence-electron chi connectivity index (χ1n) is 10.1. The van der Waals surface area contributed by atoms with Crippen molar-refractivity contribution < 1.29 is 39.1 Å². The number of carbonyl (C=O) groups excluding carboxylic acids is 1. The highest BCUT2D eigenvalue weighted by atomic mass is 19.1. The molecule has 1 aliphatic heterocycles. The highest BCUT2D eigenvalue weighted by Crippen LogP contribution is 2.26. The van der Waals surface area contributed by atoms with Gasteiger partial charge in [0.05, 0.1) is 6.61 Å². The average Bonchev–Trinajstić information content (AvgIpc) is 2.76. The molecule has 2 rings (SSSR count). The molecule has 0 spiro atoms. The van der Waals surface area contributed by atoms with Crippen LogP contribution in [0.1, 0.15) is 37.4 Å². The summed E-state index contributed by atoms with van der Waals surface area (Å²) in [6.07, 6.45) is -5.30. The average molecular weight is 430 g/mol. The van der Waals surface area contributed by atoms with Crippen LogP contribution in [-0.2, 0) is 9.53 Å². The topological polar surface area (TPSA) is 154 Å². The molecular weight excluding hydrogens is 399 g/mol. The zero-order valence-corrected chi connectivity index (χ0v) is 16.7. The van der Waals surface area contributed by atoms with Gasteiger partial charge in [-0.1, -0.05) is 25.0 Å². The summed E-state index contributed by atoms with van der Waals surface area (Å²) in [5, 5.41) is 41.3. The number of unbranched alkanes of at least 4 members (excludes halogenated alkanes) is 3. The van der Waals surface area contributed by atoms with Gasteiger partial charge in [-0.2, -0.15) is 0 Å². The molecule has 0 radical (unpaired) electrons. The van der Waals surface area contributed by atoms with E-state index in [9.17, 15) is 29.6 Å². The minimum absolute atomic E-state index is 0.136. The number of ether oxygens (including phenoxy) is 2. The van der Waals surface area contributed by atoms with E-state index in [1.165, 1.54) is 24.3 Å². The third kappa shape index (κ3) is 6.59. The number of aliphatic hydroxyl groups is 4. The van der Waals surface area contributed by atoms with Crippen LogP contribution < -0.4 is 15.8 Å². The monoisotopic (exact) mass is 430 g/mol. The van der Waals surface area contributed by atoms with Gasteiger partial charge in [0.15, 0.2) is 0 Å². The van der Waals surface area contributed by atoms with Gasteiger partial charge in [-0.3, -0.25) is 4.79 Å². The van der Waals surface area contributed by atoms with Crippen LogP contribution in [0.3, 0.4) is 0 Å². The molecule has 1 unspecified atom stereocenters. The van der Waals surface area contributed by atoms with Crippen molar-refractivity contribution in [2.75, 3.05) is 19.7 Å². The van der Waals surface area contributed by atoms with Gasteiger partial charge < -0.3 is 41.0 Å². The number of nitrogens with one attached hydrogen (secondary N) is 1. The first-order chi connectivity index (χ1) is 14.4. The smallest absolute Gasteiger partial charge is 0.259 e. The molecule has 1 fully saturated rings. The van der Waals surface area contributed by atoms with Crippen molar-refractivity contribution in [3.05, 3.63) is 29.8 Å². The summed E-state index contributed by atoms with van der Waals surface area (Å²) in [7, 11) is 0. The molecule has 170 valence electrons. The maximum Gasteiger partial charge on any atom is 0.259 e. The zero-order valence-electron chi connectivity index (χ0n) is 16.7. The van der Waals surface area contributed by atoms with E-state index in [1.807, 2.05) is 0 Å². The second-order valence-corrected chi connectivity index (χ2v) is 7.24. The highest BCUT2D eigenvalue weighted by molar-refractivity contribution is 5.82. The van der Waals surface area contributed by atoms with E-state index in [1.54, 1.807) is 0 Å². The maximum atomic E-state index is 14.4. The van der Waals surface area contributed by atoms with E-state index in [2.05, 4.69) is 5.32 Å². The highest BCUT2D eigenvalue weighted by Gasteiger charge is 2.44. The summed E-state index contributed by atoms with van der Waals surface area (Å²) in [5.41, 5.74) is 5.55. The van der Waals surface area contributed by atoms with Crippen LogP contribution in [0.25, 0.3) is 0 Å². The Labute approximate surface area is 174 Å². The van der Waals surface area contributed by atoms with Gasteiger partial charge in [-0.25, -0.2) is 4.39 Å². The van der Waals surface area contributed by atoms with Crippen LogP contribution in [0.4, 0.5) is 4.39 Å². The van der Waals surface area contributed by atoms with Gasteiger partial charge in [0, 0.05) is 6.54 Å². The van der Waals surface area contributed by atoms with E-state index in [-0.39, 0.29) is 11.3 Å². The van der Waals surface area contributed by atoms with E-state index < -0.39 is 49.4 Å². The summed E-state index contributed by atoms with van der Waals surface area (Å²) >= 11 is 0. The molecule has 30 heavy (non-hydrogen) atoms.